The van der Waals surface area contributed by atoms with Gasteiger partial charge in [0.2, 0.25) is 0 Å². The molecule has 0 aromatic rings. The summed E-state index contributed by atoms with van der Waals surface area (Å²) in [6.45, 7) is 4.55. The fourth-order valence-electron chi connectivity index (χ4n) is 2.35. The minimum Gasteiger partial charge on any atom is -0.479 e. The monoisotopic (exact) mass is 285 g/mol. The van der Waals surface area contributed by atoms with Crippen molar-refractivity contribution in [2.75, 3.05) is 39.3 Å². The predicted molar refractivity (Wildman–Crippen MR) is 72.4 cm³/mol. The zero-order valence-electron chi connectivity index (χ0n) is 11.6. The van der Waals surface area contributed by atoms with Gasteiger partial charge < -0.3 is 20.4 Å². The number of amides is 2. The van der Waals surface area contributed by atoms with E-state index in [1.165, 1.54) is 12.8 Å². The summed E-state index contributed by atoms with van der Waals surface area (Å²) in [6.07, 6.45) is 1.30. The van der Waals surface area contributed by atoms with Crippen molar-refractivity contribution in [3.05, 3.63) is 0 Å². The third-order valence-corrected chi connectivity index (χ3v) is 3.85. The second-order valence-electron chi connectivity index (χ2n) is 5.61. The molecule has 1 unspecified atom stereocenters. The van der Waals surface area contributed by atoms with E-state index in [0.29, 0.717) is 13.1 Å². The van der Waals surface area contributed by atoms with Crippen LogP contribution in [0.2, 0.25) is 0 Å². The third kappa shape index (κ3) is 4.64. The van der Waals surface area contributed by atoms with Crippen LogP contribution in [0.25, 0.3) is 0 Å². The van der Waals surface area contributed by atoms with Gasteiger partial charge in [0.1, 0.15) is 0 Å². The number of carbonyl (C=O) groups is 2. The zero-order valence-corrected chi connectivity index (χ0v) is 11.6. The molecule has 0 radical (unpaired) electrons. The van der Waals surface area contributed by atoms with E-state index >= 15 is 0 Å². The largest absolute Gasteiger partial charge is 0.479 e. The molecule has 2 rings (SSSR count). The Kier molecular flexibility index (Phi) is 5.19. The van der Waals surface area contributed by atoms with E-state index in [9.17, 15) is 9.59 Å². The molecule has 1 heterocycles. The predicted octanol–water partition coefficient (Wildman–Crippen LogP) is -0.441. The van der Waals surface area contributed by atoms with E-state index in [1.807, 2.05) is 0 Å². The van der Waals surface area contributed by atoms with Crippen LogP contribution in [0, 0.1) is 5.92 Å². The average molecular weight is 285 g/mol. The minimum absolute atomic E-state index is 0.0305. The number of hydrogen-bond donors (Lipinski definition) is 3. The van der Waals surface area contributed by atoms with Crippen LogP contribution in [-0.2, 0) is 4.79 Å². The number of nitrogens with zero attached hydrogens (tertiary/aromatic N) is 2. The lowest BCUT2D eigenvalue weighted by Crippen LogP contribution is -2.52. The highest BCUT2D eigenvalue weighted by Gasteiger charge is 2.27. The highest BCUT2D eigenvalue weighted by molar-refractivity contribution is 5.74. The topological polar surface area (TPSA) is 93.1 Å². The first kappa shape index (κ1) is 15.1. The number of rotatable bonds is 6. The lowest BCUT2D eigenvalue weighted by molar-refractivity contribution is -0.146. The molecule has 7 heteroatoms. The molecule has 1 atom stereocenters. The molecule has 0 spiro atoms. The minimum atomic E-state index is -1.41. The van der Waals surface area contributed by atoms with E-state index in [-0.39, 0.29) is 19.0 Å². The molecule has 2 amide bonds. The van der Waals surface area contributed by atoms with Gasteiger partial charge in [-0.2, -0.15) is 0 Å². The Morgan fingerprint density at radius 3 is 2.40 bits per heavy atom. The molecule has 2 aliphatic rings. The number of carbonyl (C=O) groups excluding carboxylic acids is 1. The Labute approximate surface area is 118 Å². The Balaban J connectivity index is 1.60. The van der Waals surface area contributed by atoms with E-state index in [4.69, 9.17) is 10.2 Å². The number of aliphatic hydroxyl groups excluding tert-OH is 1. The molecule has 1 saturated heterocycles. The quantitative estimate of drug-likeness (QED) is 0.615. The maximum atomic E-state index is 11.9. The van der Waals surface area contributed by atoms with Crippen molar-refractivity contribution in [2.45, 2.75) is 25.4 Å². The average Bonchev–Trinajstić information content (AvgIpc) is 3.23. The molecular weight excluding hydrogens is 262 g/mol. The number of nitrogens with one attached hydrogen (secondary N) is 1. The van der Waals surface area contributed by atoms with Gasteiger partial charge in [0.15, 0.2) is 6.10 Å². The molecule has 3 N–H and O–H groups in total. The summed E-state index contributed by atoms with van der Waals surface area (Å²) >= 11 is 0. The number of urea groups is 1. The number of piperazine rings is 1. The van der Waals surface area contributed by atoms with Gasteiger partial charge >= 0.3 is 12.0 Å². The lowest BCUT2D eigenvalue weighted by atomic mass is 10.2. The van der Waals surface area contributed by atoms with Gasteiger partial charge in [-0.05, 0) is 18.8 Å². The van der Waals surface area contributed by atoms with Crippen LogP contribution in [-0.4, -0.2) is 77.4 Å². The molecule has 2 fully saturated rings. The molecule has 0 aromatic carbocycles. The van der Waals surface area contributed by atoms with Crippen LogP contribution in [0.3, 0.4) is 0 Å². The summed E-state index contributed by atoms with van der Waals surface area (Å²) in [6, 6.07) is -0.173. The highest BCUT2D eigenvalue weighted by Crippen LogP contribution is 2.29. The first-order valence-corrected chi connectivity index (χ1v) is 7.22. The Morgan fingerprint density at radius 1 is 1.20 bits per heavy atom. The SMILES string of the molecule is O=C(O)C(O)CCNC(=O)N1CCN(CC2CC2)CC1. The molecule has 20 heavy (non-hydrogen) atoms. The first-order chi connectivity index (χ1) is 9.56. The van der Waals surface area contributed by atoms with Crippen LogP contribution in [0.4, 0.5) is 4.79 Å². The van der Waals surface area contributed by atoms with Gasteiger partial charge in [-0.1, -0.05) is 0 Å². The molecule has 1 aliphatic heterocycles. The van der Waals surface area contributed by atoms with Crippen LogP contribution in [0.15, 0.2) is 0 Å². The smallest absolute Gasteiger partial charge is 0.332 e. The number of carboxylic acids is 1. The first-order valence-electron chi connectivity index (χ1n) is 7.22. The molecule has 0 bridgehead atoms. The van der Waals surface area contributed by atoms with Gasteiger partial charge in [-0.25, -0.2) is 9.59 Å². The van der Waals surface area contributed by atoms with Crippen molar-refractivity contribution in [3.8, 4) is 0 Å². The Morgan fingerprint density at radius 2 is 1.85 bits per heavy atom. The number of carboxylic acid groups (broad SMARTS) is 1. The van der Waals surface area contributed by atoms with E-state index in [2.05, 4.69) is 10.2 Å². The molecule has 1 aliphatic carbocycles. The summed E-state index contributed by atoms with van der Waals surface area (Å²) in [5, 5.41) is 20.3. The van der Waals surface area contributed by atoms with Crippen molar-refractivity contribution in [2.24, 2.45) is 5.92 Å². The summed E-state index contributed by atoms with van der Waals surface area (Å²) in [5.41, 5.74) is 0. The number of aliphatic hydroxyl groups is 1. The van der Waals surface area contributed by atoms with Crippen molar-refractivity contribution in [1.29, 1.82) is 0 Å². The van der Waals surface area contributed by atoms with Crippen LogP contribution in [0.5, 0.6) is 0 Å². The fraction of sp³-hybridized carbons (Fsp3) is 0.846. The summed E-state index contributed by atoms with van der Waals surface area (Å²) < 4.78 is 0. The second-order valence-corrected chi connectivity index (χ2v) is 5.61. The van der Waals surface area contributed by atoms with Gasteiger partial charge in [-0.3, -0.25) is 4.90 Å². The van der Waals surface area contributed by atoms with Gasteiger partial charge in [0.05, 0.1) is 0 Å². The van der Waals surface area contributed by atoms with Gasteiger partial charge in [0.25, 0.3) is 0 Å². The molecular formula is C13H23N3O4. The molecule has 0 aromatic heterocycles. The maximum Gasteiger partial charge on any atom is 0.332 e. The molecule has 7 nitrogen and oxygen atoms in total. The summed E-state index contributed by atoms with van der Waals surface area (Å²) in [4.78, 5) is 26.4. The number of aliphatic carboxylic acids is 1. The zero-order chi connectivity index (χ0) is 14.5. The summed E-state index contributed by atoms with van der Waals surface area (Å²) in [5.74, 6) is -0.388. The number of hydrogen-bond acceptors (Lipinski definition) is 4. The summed E-state index contributed by atoms with van der Waals surface area (Å²) in [7, 11) is 0. The Bertz CT molecular complexity index is 352. The van der Waals surface area contributed by atoms with E-state index < -0.39 is 12.1 Å². The second kappa shape index (κ2) is 6.90. The Hall–Kier alpha value is -1.34. The van der Waals surface area contributed by atoms with Crippen molar-refractivity contribution in [3.63, 3.8) is 0 Å². The van der Waals surface area contributed by atoms with Crippen LogP contribution in [0.1, 0.15) is 19.3 Å². The lowest BCUT2D eigenvalue weighted by Gasteiger charge is -2.34. The van der Waals surface area contributed by atoms with Crippen molar-refractivity contribution >= 4 is 12.0 Å². The van der Waals surface area contributed by atoms with E-state index in [0.717, 1.165) is 25.6 Å². The van der Waals surface area contributed by atoms with Crippen LogP contribution < -0.4 is 5.32 Å². The highest BCUT2D eigenvalue weighted by atomic mass is 16.4. The fourth-order valence-corrected chi connectivity index (χ4v) is 2.35. The van der Waals surface area contributed by atoms with Gasteiger partial charge in [-0.15, -0.1) is 0 Å². The van der Waals surface area contributed by atoms with Crippen molar-refractivity contribution < 1.29 is 19.8 Å². The standard InChI is InChI=1S/C13H23N3O4/c17-11(12(18)19)3-4-14-13(20)16-7-5-15(6-8-16)9-10-1-2-10/h10-11,17H,1-9H2,(H,14,20)(H,18,19). The normalized spacial score (nSPS) is 21.6. The van der Waals surface area contributed by atoms with E-state index in [1.54, 1.807) is 4.90 Å². The molecule has 1 saturated carbocycles. The van der Waals surface area contributed by atoms with Gasteiger partial charge in [0, 0.05) is 45.7 Å². The molecule has 114 valence electrons. The third-order valence-electron chi connectivity index (χ3n) is 3.85. The maximum absolute atomic E-state index is 11.9. The van der Waals surface area contributed by atoms with Crippen LogP contribution >= 0.6 is 0 Å². The van der Waals surface area contributed by atoms with Crippen molar-refractivity contribution in [1.82, 2.24) is 15.1 Å².